The minimum absolute atomic E-state index is 0.229. The van der Waals surface area contributed by atoms with Gasteiger partial charge in [-0.05, 0) is 30.3 Å². The molecule has 132 valence electrons. The Labute approximate surface area is 159 Å². The number of carbonyl (C=O) groups is 2. The molecule has 2 aromatic carbocycles. The van der Waals surface area contributed by atoms with E-state index in [0.29, 0.717) is 26.9 Å². The summed E-state index contributed by atoms with van der Waals surface area (Å²) in [5.41, 5.74) is 1.60. The van der Waals surface area contributed by atoms with Crippen LogP contribution in [0.2, 0.25) is 10.0 Å². The number of para-hydroxylation sites is 1. The fraction of sp³-hybridized carbons (Fsp3) is 0.0556. The maximum atomic E-state index is 12.1. The summed E-state index contributed by atoms with van der Waals surface area (Å²) in [6.45, 7) is -0.229. The van der Waals surface area contributed by atoms with Crippen LogP contribution in [-0.4, -0.2) is 23.5 Å². The number of carbonyl (C=O) groups excluding carboxylic acids is 2. The predicted octanol–water partition coefficient (Wildman–Crippen LogP) is 4.30. The highest BCUT2D eigenvalue weighted by Crippen LogP contribution is 2.25. The smallest absolute Gasteiger partial charge is 0.319 e. The number of aromatic nitrogens is 1. The molecule has 6 nitrogen and oxygen atoms in total. The molecule has 3 aromatic rings. The van der Waals surface area contributed by atoms with Crippen LogP contribution in [0.3, 0.4) is 0 Å². The SMILES string of the molecule is O=C(CNC(=O)Nc1cccc2cccnc12)Nc1cc(Cl)ccc1Cl. The van der Waals surface area contributed by atoms with Crippen molar-refractivity contribution < 1.29 is 9.59 Å². The summed E-state index contributed by atoms with van der Waals surface area (Å²) in [6, 6.07) is 13.4. The van der Waals surface area contributed by atoms with Crippen LogP contribution in [0.4, 0.5) is 16.2 Å². The molecule has 3 amide bonds. The lowest BCUT2D eigenvalue weighted by Gasteiger charge is -2.10. The zero-order valence-electron chi connectivity index (χ0n) is 13.4. The van der Waals surface area contributed by atoms with Gasteiger partial charge in [-0.1, -0.05) is 41.4 Å². The fourth-order valence-electron chi connectivity index (χ4n) is 2.32. The molecular weight excluding hydrogens is 375 g/mol. The molecule has 0 bridgehead atoms. The molecule has 0 aliphatic rings. The monoisotopic (exact) mass is 388 g/mol. The zero-order chi connectivity index (χ0) is 18.5. The molecule has 0 aliphatic carbocycles. The molecule has 0 aliphatic heterocycles. The third-order valence-electron chi connectivity index (χ3n) is 3.49. The second kappa shape index (κ2) is 8.03. The van der Waals surface area contributed by atoms with Crippen LogP contribution in [0.1, 0.15) is 0 Å². The van der Waals surface area contributed by atoms with Crippen molar-refractivity contribution in [2.24, 2.45) is 0 Å². The highest BCUT2D eigenvalue weighted by Gasteiger charge is 2.10. The molecule has 1 heterocycles. The second-order valence-corrected chi connectivity index (χ2v) is 6.20. The highest BCUT2D eigenvalue weighted by molar-refractivity contribution is 6.35. The Bertz CT molecular complexity index is 973. The van der Waals surface area contributed by atoms with E-state index < -0.39 is 11.9 Å². The van der Waals surface area contributed by atoms with Gasteiger partial charge in [0, 0.05) is 16.6 Å². The quantitative estimate of drug-likeness (QED) is 0.622. The summed E-state index contributed by atoms with van der Waals surface area (Å²) in [6.07, 6.45) is 1.65. The molecule has 0 saturated heterocycles. The van der Waals surface area contributed by atoms with Gasteiger partial charge in [0.05, 0.1) is 28.5 Å². The number of nitrogens with zero attached hydrogens (tertiary/aromatic N) is 1. The zero-order valence-corrected chi connectivity index (χ0v) is 14.9. The van der Waals surface area contributed by atoms with E-state index in [9.17, 15) is 9.59 Å². The lowest BCUT2D eigenvalue weighted by molar-refractivity contribution is -0.115. The van der Waals surface area contributed by atoms with Gasteiger partial charge in [0.25, 0.3) is 0 Å². The standard InChI is InChI=1S/C18H14Cl2N4O2/c19-12-6-7-13(20)15(9-12)23-16(25)10-22-18(26)24-14-5-1-3-11-4-2-8-21-17(11)14/h1-9H,10H2,(H,23,25)(H2,22,24,26). The maximum Gasteiger partial charge on any atom is 0.319 e. The van der Waals surface area contributed by atoms with Gasteiger partial charge in [0.15, 0.2) is 0 Å². The Morgan fingerprint density at radius 1 is 0.962 bits per heavy atom. The fourth-order valence-corrected chi connectivity index (χ4v) is 2.66. The summed E-state index contributed by atoms with van der Waals surface area (Å²) in [4.78, 5) is 28.3. The average molecular weight is 389 g/mol. The molecule has 0 saturated carbocycles. The van der Waals surface area contributed by atoms with Gasteiger partial charge in [-0.3, -0.25) is 9.78 Å². The van der Waals surface area contributed by atoms with Gasteiger partial charge < -0.3 is 16.0 Å². The van der Waals surface area contributed by atoms with Crippen molar-refractivity contribution in [1.82, 2.24) is 10.3 Å². The first-order valence-corrected chi connectivity index (χ1v) is 8.42. The summed E-state index contributed by atoms with van der Waals surface area (Å²) in [7, 11) is 0. The van der Waals surface area contributed by atoms with Crippen LogP contribution >= 0.6 is 23.2 Å². The van der Waals surface area contributed by atoms with Crippen LogP contribution in [0.15, 0.2) is 54.7 Å². The molecular formula is C18H14Cl2N4O2. The number of rotatable bonds is 4. The number of hydrogen-bond donors (Lipinski definition) is 3. The third-order valence-corrected chi connectivity index (χ3v) is 4.06. The second-order valence-electron chi connectivity index (χ2n) is 5.36. The molecule has 0 atom stereocenters. The Balaban J connectivity index is 1.58. The van der Waals surface area contributed by atoms with Crippen molar-refractivity contribution in [2.75, 3.05) is 17.2 Å². The number of anilines is 2. The van der Waals surface area contributed by atoms with Gasteiger partial charge in [0.1, 0.15) is 0 Å². The largest absolute Gasteiger partial charge is 0.329 e. The number of fused-ring (bicyclic) bond motifs is 1. The van der Waals surface area contributed by atoms with E-state index in [4.69, 9.17) is 23.2 Å². The van der Waals surface area contributed by atoms with Crippen LogP contribution in [0, 0.1) is 0 Å². The summed E-state index contributed by atoms with van der Waals surface area (Å²) in [5, 5.41) is 9.46. The van der Waals surface area contributed by atoms with Gasteiger partial charge >= 0.3 is 6.03 Å². The van der Waals surface area contributed by atoms with Crippen molar-refractivity contribution >= 4 is 57.4 Å². The lowest BCUT2D eigenvalue weighted by atomic mass is 10.2. The van der Waals surface area contributed by atoms with Crippen molar-refractivity contribution in [2.45, 2.75) is 0 Å². The molecule has 0 unspecified atom stereocenters. The first kappa shape index (κ1) is 18.0. The average Bonchev–Trinajstić information content (AvgIpc) is 2.63. The Hall–Kier alpha value is -2.83. The van der Waals surface area contributed by atoms with Crippen molar-refractivity contribution in [1.29, 1.82) is 0 Å². The molecule has 8 heteroatoms. The van der Waals surface area contributed by atoms with Gasteiger partial charge in [-0.25, -0.2) is 4.79 Å². The Morgan fingerprint density at radius 2 is 1.77 bits per heavy atom. The van der Waals surface area contributed by atoms with E-state index in [-0.39, 0.29) is 6.54 Å². The van der Waals surface area contributed by atoms with Crippen LogP contribution in [0.5, 0.6) is 0 Å². The summed E-state index contributed by atoms with van der Waals surface area (Å²) >= 11 is 11.9. The van der Waals surface area contributed by atoms with E-state index in [1.807, 2.05) is 24.3 Å². The van der Waals surface area contributed by atoms with E-state index in [1.165, 1.54) is 6.07 Å². The van der Waals surface area contributed by atoms with Crippen LogP contribution < -0.4 is 16.0 Å². The summed E-state index contributed by atoms with van der Waals surface area (Å²) < 4.78 is 0. The molecule has 1 aromatic heterocycles. The first-order chi connectivity index (χ1) is 12.5. The van der Waals surface area contributed by atoms with Crippen molar-refractivity contribution in [3.05, 3.63) is 64.8 Å². The Morgan fingerprint density at radius 3 is 2.62 bits per heavy atom. The molecule has 0 radical (unpaired) electrons. The maximum absolute atomic E-state index is 12.1. The number of urea groups is 1. The molecule has 3 rings (SSSR count). The lowest BCUT2D eigenvalue weighted by Crippen LogP contribution is -2.35. The van der Waals surface area contributed by atoms with E-state index in [2.05, 4.69) is 20.9 Å². The first-order valence-electron chi connectivity index (χ1n) is 7.66. The number of amides is 3. The van der Waals surface area contributed by atoms with Gasteiger partial charge in [-0.2, -0.15) is 0 Å². The van der Waals surface area contributed by atoms with Crippen LogP contribution in [0.25, 0.3) is 10.9 Å². The minimum atomic E-state index is -0.518. The van der Waals surface area contributed by atoms with E-state index in [0.717, 1.165) is 5.39 Å². The van der Waals surface area contributed by atoms with E-state index in [1.54, 1.807) is 24.4 Å². The normalized spacial score (nSPS) is 10.4. The topological polar surface area (TPSA) is 83.1 Å². The summed E-state index contributed by atoms with van der Waals surface area (Å²) in [5.74, 6) is -0.430. The van der Waals surface area contributed by atoms with Gasteiger partial charge in [0.2, 0.25) is 5.91 Å². The molecule has 3 N–H and O–H groups in total. The number of benzene rings is 2. The number of nitrogens with one attached hydrogen (secondary N) is 3. The molecule has 0 spiro atoms. The Kier molecular flexibility index (Phi) is 5.55. The molecule has 0 fully saturated rings. The molecule has 26 heavy (non-hydrogen) atoms. The minimum Gasteiger partial charge on any atom is -0.329 e. The van der Waals surface area contributed by atoms with Crippen molar-refractivity contribution in [3.8, 4) is 0 Å². The third kappa shape index (κ3) is 4.41. The van der Waals surface area contributed by atoms with Crippen molar-refractivity contribution in [3.63, 3.8) is 0 Å². The number of pyridine rings is 1. The van der Waals surface area contributed by atoms with E-state index >= 15 is 0 Å². The number of halogens is 2. The predicted molar refractivity (Wildman–Crippen MR) is 104 cm³/mol. The van der Waals surface area contributed by atoms with Gasteiger partial charge in [-0.15, -0.1) is 0 Å². The highest BCUT2D eigenvalue weighted by atomic mass is 35.5. The number of hydrogen-bond acceptors (Lipinski definition) is 3. The van der Waals surface area contributed by atoms with Crippen LogP contribution in [-0.2, 0) is 4.79 Å².